The zero-order valence-corrected chi connectivity index (χ0v) is 10.1. The summed E-state index contributed by atoms with van der Waals surface area (Å²) in [6.45, 7) is 1.88. The normalized spacial score (nSPS) is 14.8. The summed E-state index contributed by atoms with van der Waals surface area (Å²) in [6, 6.07) is 5.20. The van der Waals surface area contributed by atoms with Crippen LogP contribution in [-0.4, -0.2) is 30.5 Å². The average molecular weight is 249 g/mol. The lowest BCUT2D eigenvalue weighted by Crippen LogP contribution is -2.33. The number of amides is 1. The Morgan fingerprint density at radius 3 is 3.06 bits per heavy atom. The summed E-state index contributed by atoms with van der Waals surface area (Å²) >= 11 is 0. The molecule has 0 fully saturated rings. The minimum Gasteiger partial charge on any atom is -0.454 e. The lowest BCUT2D eigenvalue weighted by molar-refractivity contribution is -0.117. The SMILES string of the molecule is C[C@H](CO)NC(=O)C=Cc1ccc2c(c1)OCO2. The van der Waals surface area contributed by atoms with Crippen LogP contribution in [0.15, 0.2) is 24.3 Å². The van der Waals surface area contributed by atoms with Gasteiger partial charge in [0.25, 0.3) is 0 Å². The molecule has 1 aromatic carbocycles. The van der Waals surface area contributed by atoms with E-state index in [1.165, 1.54) is 6.08 Å². The molecular weight excluding hydrogens is 234 g/mol. The van der Waals surface area contributed by atoms with Gasteiger partial charge in [-0.3, -0.25) is 4.79 Å². The molecule has 18 heavy (non-hydrogen) atoms. The standard InChI is InChI=1S/C13H15NO4/c1-9(7-15)14-13(16)5-3-10-2-4-11-12(6-10)18-8-17-11/h2-6,9,15H,7-8H2,1H3,(H,14,16)/t9-/m1/s1. The second-order valence-electron chi connectivity index (χ2n) is 4.04. The Labute approximate surface area is 105 Å². The molecule has 5 heteroatoms. The molecular formula is C13H15NO4. The second kappa shape index (κ2) is 5.55. The smallest absolute Gasteiger partial charge is 0.244 e. The summed E-state index contributed by atoms with van der Waals surface area (Å²) in [5, 5.41) is 11.4. The maximum atomic E-state index is 11.5. The van der Waals surface area contributed by atoms with E-state index in [1.807, 2.05) is 12.1 Å². The Kier molecular flexibility index (Phi) is 3.84. The van der Waals surface area contributed by atoms with E-state index in [4.69, 9.17) is 14.6 Å². The van der Waals surface area contributed by atoms with Crippen molar-refractivity contribution in [3.63, 3.8) is 0 Å². The Morgan fingerprint density at radius 1 is 1.50 bits per heavy atom. The van der Waals surface area contributed by atoms with Gasteiger partial charge in [-0.05, 0) is 30.7 Å². The quantitative estimate of drug-likeness (QED) is 0.779. The number of hydrogen-bond acceptors (Lipinski definition) is 4. The topological polar surface area (TPSA) is 67.8 Å². The Bertz CT molecular complexity index is 470. The van der Waals surface area contributed by atoms with Crippen molar-refractivity contribution >= 4 is 12.0 Å². The Balaban J connectivity index is 1.98. The minimum absolute atomic E-state index is 0.0798. The molecule has 2 rings (SSSR count). The van der Waals surface area contributed by atoms with Crippen molar-refractivity contribution < 1.29 is 19.4 Å². The lowest BCUT2D eigenvalue weighted by atomic mass is 10.2. The molecule has 0 bridgehead atoms. The van der Waals surface area contributed by atoms with Gasteiger partial charge in [-0.1, -0.05) is 6.07 Å². The first-order chi connectivity index (χ1) is 8.69. The first kappa shape index (κ1) is 12.4. The number of hydrogen-bond donors (Lipinski definition) is 2. The number of fused-ring (bicyclic) bond motifs is 1. The number of aliphatic hydroxyl groups is 1. The largest absolute Gasteiger partial charge is 0.454 e. The zero-order chi connectivity index (χ0) is 13.0. The summed E-state index contributed by atoms with van der Waals surface area (Å²) in [6.07, 6.45) is 3.10. The van der Waals surface area contributed by atoms with Gasteiger partial charge in [0.1, 0.15) is 0 Å². The molecule has 1 amide bonds. The first-order valence-electron chi connectivity index (χ1n) is 5.68. The Hall–Kier alpha value is -2.01. The van der Waals surface area contributed by atoms with Gasteiger partial charge in [0.2, 0.25) is 12.7 Å². The molecule has 0 unspecified atom stereocenters. The number of carbonyl (C=O) groups excluding carboxylic acids is 1. The van der Waals surface area contributed by atoms with Crippen molar-refractivity contribution in [2.75, 3.05) is 13.4 Å². The van der Waals surface area contributed by atoms with Crippen LogP contribution >= 0.6 is 0 Å². The van der Waals surface area contributed by atoms with Crippen LogP contribution in [0, 0.1) is 0 Å². The van der Waals surface area contributed by atoms with Gasteiger partial charge in [-0.25, -0.2) is 0 Å². The fourth-order valence-corrected chi connectivity index (χ4v) is 1.53. The van der Waals surface area contributed by atoms with Gasteiger partial charge in [-0.2, -0.15) is 0 Å². The summed E-state index contributed by atoms with van der Waals surface area (Å²) in [4.78, 5) is 11.5. The fraction of sp³-hybridized carbons (Fsp3) is 0.308. The van der Waals surface area contributed by atoms with Gasteiger partial charge >= 0.3 is 0 Å². The Morgan fingerprint density at radius 2 is 2.28 bits per heavy atom. The fourth-order valence-electron chi connectivity index (χ4n) is 1.53. The molecule has 1 atom stereocenters. The summed E-state index contributed by atoms with van der Waals surface area (Å²) < 4.78 is 10.4. The van der Waals surface area contributed by atoms with Crippen LogP contribution < -0.4 is 14.8 Å². The van der Waals surface area contributed by atoms with Crippen molar-refractivity contribution in [1.82, 2.24) is 5.32 Å². The second-order valence-corrected chi connectivity index (χ2v) is 4.04. The molecule has 5 nitrogen and oxygen atoms in total. The molecule has 0 aromatic heterocycles. The molecule has 0 radical (unpaired) electrons. The zero-order valence-electron chi connectivity index (χ0n) is 10.1. The van der Waals surface area contributed by atoms with Gasteiger partial charge in [0, 0.05) is 12.1 Å². The number of benzene rings is 1. The predicted molar refractivity (Wildman–Crippen MR) is 66.3 cm³/mol. The van der Waals surface area contributed by atoms with Crippen LogP contribution in [0.2, 0.25) is 0 Å². The molecule has 1 aromatic rings. The third-order valence-electron chi connectivity index (χ3n) is 2.49. The van der Waals surface area contributed by atoms with Crippen LogP contribution in [0.5, 0.6) is 11.5 Å². The van der Waals surface area contributed by atoms with Crippen LogP contribution in [0.1, 0.15) is 12.5 Å². The van der Waals surface area contributed by atoms with Crippen molar-refractivity contribution in [2.24, 2.45) is 0 Å². The average Bonchev–Trinajstić information content (AvgIpc) is 2.83. The van der Waals surface area contributed by atoms with Crippen LogP contribution in [0.4, 0.5) is 0 Å². The maximum absolute atomic E-state index is 11.5. The lowest BCUT2D eigenvalue weighted by Gasteiger charge is -2.07. The molecule has 1 heterocycles. The van der Waals surface area contributed by atoms with E-state index in [1.54, 1.807) is 19.1 Å². The van der Waals surface area contributed by atoms with E-state index in [0.29, 0.717) is 11.5 Å². The molecule has 1 aliphatic heterocycles. The molecule has 0 aliphatic carbocycles. The maximum Gasteiger partial charge on any atom is 0.244 e. The van der Waals surface area contributed by atoms with E-state index >= 15 is 0 Å². The van der Waals surface area contributed by atoms with Gasteiger partial charge in [-0.15, -0.1) is 0 Å². The van der Waals surface area contributed by atoms with Crippen molar-refractivity contribution in [3.8, 4) is 11.5 Å². The number of nitrogens with one attached hydrogen (secondary N) is 1. The summed E-state index contributed by atoms with van der Waals surface area (Å²) in [7, 11) is 0. The van der Waals surface area contributed by atoms with Gasteiger partial charge in [0.05, 0.1) is 6.61 Å². The highest BCUT2D eigenvalue weighted by Crippen LogP contribution is 2.32. The number of rotatable bonds is 4. The number of carbonyl (C=O) groups is 1. The molecule has 0 saturated heterocycles. The van der Waals surface area contributed by atoms with Crippen LogP contribution in [-0.2, 0) is 4.79 Å². The number of ether oxygens (including phenoxy) is 2. The van der Waals surface area contributed by atoms with Crippen molar-refractivity contribution in [1.29, 1.82) is 0 Å². The first-order valence-corrected chi connectivity index (χ1v) is 5.68. The molecule has 0 saturated carbocycles. The van der Waals surface area contributed by atoms with Gasteiger partial charge < -0.3 is 19.9 Å². The van der Waals surface area contributed by atoms with Crippen molar-refractivity contribution in [2.45, 2.75) is 13.0 Å². The predicted octanol–water partition coefficient (Wildman–Crippen LogP) is 0.926. The van der Waals surface area contributed by atoms with Crippen LogP contribution in [0.3, 0.4) is 0 Å². The van der Waals surface area contributed by atoms with Crippen molar-refractivity contribution in [3.05, 3.63) is 29.8 Å². The van der Waals surface area contributed by atoms with E-state index in [9.17, 15) is 4.79 Å². The summed E-state index contributed by atoms with van der Waals surface area (Å²) in [5.74, 6) is 1.15. The molecule has 96 valence electrons. The van der Waals surface area contributed by atoms with E-state index in [0.717, 1.165) is 5.56 Å². The van der Waals surface area contributed by atoms with E-state index in [2.05, 4.69) is 5.32 Å². The highest BCUT2D eigenvalue weighted by Gasteiger charge is 2.12. The third kappa shape index (κ3) is 3.01. The highest BCUT2D eigenvalue weighted by molar-refractivity contribution is 5.92. The van der Waals surface area contributed by atoms with E-state index < -0.39 is 0 Å². The van der Waals surface area contributed by atoms with E-state index in [-0.39, 0.29) is 25.3 Å². The minimum atomic E-state index is -0.251. The summed E-state index contributed by atoms with van der Waals surface area (Å²) in [5.41, 5.74) is 0.853. The van der Waals surface area contributed by atoms with Gasteiger partial charge in [0.15, 0.2) is 11.5 Å². The third-order valence-corrected chi connectivity index (χ3v) is 2.49. The monoisotopic (exact) mass is 249 g/mol. The number of aliphatic hydroxyl groups excluding tert-OH is 1. The highest BCUT2D eigenvalue weighted by atomic mass is 16.7. The van der Waals surface area contributed by atoms with Crippen LogP contribution in [0.25, 0.3) is 6.08 Å². The molecule has 2 N–H and O–H groups in total. The molecule has 1 aliphatic rings. The molecule has 0 spiro atoms.